The Bertz CT molecular complexity index is 356. The summed E-state index contributed by atoms with van der Waals surface area (Å²) in [5.74, 6) is -0.416. The summed E-state index contributed by atoms with van der Waals surface area (Å²) in [6.07, 6.45) is -2.44. The second kappa shape index (κ2) is 6.17. The minimum absolute atomic E-state index is 0.0834. The summed E-state index contributed by atoms with van der Waals surface area (Å²) in [5, 5.41) is 2.15. The van der Waals surface area contributed by atoms with Gasteiger partial charge in [0.1, 0.15) is 0 Å². The second-order valence-electron chi connectivity index (χ2n) is 3.34. The summed E-state index contributed by atoms with van der Waals surface area (Å²) in [6, 6.07) is 7.19. The summed E-state index contributed by atoms with van der Waals surface area (Å²) >= 11 is 0. The molecule has 88 valence electrons. The average Bonchev–Trinajstić information content (AvgIpc) is 2.27. The van der Waals surface area contributed by atoms with Gasteiger partial charge in [0.25, 0.3) is 6.43 Å². The van der Waals surface area contributed by atoms with Crippen LogP contribution in [0.1, 0.15) is 11.1 Å². The molecule has 0 aliphatic carbocycles. The number of hydrogen-bond donors (Lipinski definition) is 2. The van der Waals surface area contributed by atoms with E-state index in [9.17, 15) is 13.6 Å². The van der Waals surface area contributed by atoms with E-state index in [4.69, 9.17) is 5.73 Å². The summed E-state index contributed by atoms with van der Waals surface area (Å²) in [6.45, 7) is -0.276. The Morgan fingerprint density at radius 3 is 2.50 bits per heavy atom. The molecule has 0 spiro atoms. The quantitative estimate of drug-likeness (QED) is 0.792. The fourth-order valence-corrected chi connectivity index (χ4v) is 1.36. The van der Waals surface area contributed by atoms with Crippen molar-refractivity contribution in [3.8, 4) is 0 Å². The molecule has 1 amide bonds. The van der Waals surface area contributed by atoms with Crippen molar-refractivity contribution >= 4 is 5.91 Å². The normalized spacial score (nSPS) is 10.5. The maximum Gasteiger partial charge on any atom is 0.255 e. The van der Waals surface area contributed by atoms with E-state index in [0.717, 1.165) is 11.1 Å². The largest absolute Gasteiger partial charge is 0.350 e. The molecule has 1 rings (SSSR count). The monoisotopic (exact) mass is 228 g/mol. The molecule has 0 aliphatic rings. The number of benzene rings is 1. The molecule has 0 saturated carbocycles. The molecule has 1 aromatic rings. The number of halogens is 2. The van der Waals surface area contributed by atoms with Crippen LogP contribution in [0.25, 0.3) is 0 Å². The van der Waals surface area contributed by atoms with Gasteiger partial charge in [-0.05, 0) is 11.1 Å². The number of nitrogens with one attached hydrogen (secondary N) is 1. The third-order valence-electron chi connectivity index (χ3n) is 2.14. The molecule has 0 aliphatic heterocycles. The minimum atomic E-state index is -2.52. The van der Waals surface area contributed by atoms with Crippen LogP contribution in [0.4, 0.5) is 8.78 Å². The van der Waals surface area contributed by atoms with Gasteiger partial charge in [-0.1, -0.05) is 24.3 Å². The lowest BCUT2D eigenvalue weighted by atomic mass is 10.0. The molecule has 0 unspecified atom stereocenters. The molecule has 1 aromatic carbocycles. The van der Waals surface area contributed by atoms with Crippen LogP contribution in [0, 0.1) is 0 Å². The van der Waals surface area contributed by atoms with Crippen LogP contribution in [-0.2, 0) is 17.8 Å². The Hall–Kier alpha value is -1.49. The molecule has 3 nitrogen and oxygen atoms in total. The number of alkyl halides is 2. The summed E-state index contributed by atoms with van der Waals surface area (Å²) < 4.78 is 23.7. The third-order valence-corrected chi connectivity index (χ3v) is 2.14. The molecule has 0 bridgehead atoms. The Morgan fingerprint density at radius 2 is 1.94 bits per heavy atom. The van der Waals surface area contributed by atoms with Gasteiger partial charge in [-0.2, -0.15) is 0 Å². The fourth-order valence-electron chi connectivity index (χ4n) is 1.36. The lowest BCUT2D eigenvalue weighted by Gasteiger charge is -2.08. The van der Waals surface area contributed by atoms with Crippen molar-refractivity contribution in [2.75, 3.05) is 6.54 Å². The molecule has 3 N–H and O–H groups in total. The summed E-state index contributed by atoms with van der Waals surface area (Å²) in [5.41, 5.74) is 7.13. The lowest BCUT2D eigenvalue weighted by molar-refractivity contribution is -0.121. The topological polar surface area (TPSA) is 55.1 Å². The van der Waals surface area contributed by atoms with E-state index in [1.807, 2.05) is 12.1 Å². The second-order valence-corrected chi connectivity index (χ2v) is 3.34. The number of rotatable bonds is 5. The van der Waals surface area contributed by atoms with E-state index in [-0.39, 0.29) is 6.42 Å². The van der Waals surface area contributed by atoms with Gasteiger partial charge in [-0.15, -0.1) is 0 Å². The van der Waals surface area contributed by atoms with Crippen molar-refractivity contribution in [2.45, 2.75) is 19.4 Å². The van der Waals surface area contributed by atoms with Crippen LogP contribution in [0.5, 0.6) is 0 Å². The third kappa shape index (κ3) is 3.94. The van der Waals surface area contributed by atoms with E-state index in [2.05, 4.69) is 5.32 Å². The molecule has 0 atom stereocenters. The van der Waals surface area contributed by atoms with Gasteiger partial charge in [-0.3, -0.25) is 4.79 Å². The van der Waals surface area contributed by atoms with E-state index in [0.29, 0.717) is 6.54 Å². The fraction of sp³-hybridized carbons (Fsp3) is 0.364. The average molecular weight is 228 g/mol. The van der Waals surface area contributed by atoms with Crippen molar-refractivity contribution in [3.05, 3.63) is 35.4 Å². The lowest BCUT2D eigenvalue weighted by Crippen LogP contribution is -2.30. The highest BCUT2D eigenvalue weighted by Gasteiger charge is 2.09. The molecule has 0 saturated heterocycles. The molecule has 0 fully saturated rings. The Kier molecular flexibility index (Phi) is 4.85. The molecule has 5 heteroatoms. The Balaban J connectivity index is 2.55. The highest BCUT2D eigenvalue weighted by atomic mass is 19.3. The molecule has 0 aromatic heterocycles. The SMILES string of the molecule is NCc1ccccc1CC(=O)NCC(F)F. The van der Waals surface area contributed by atoms with Gasteiger partial charge in [0.05, 0.1) is 13.0 Å². The van der Waals surface area contributed by atoms with Crippen LogP contribution >= 0.6 is 0 Å². The molecular weight excluding hydrogens is 214 g/mol. The van der Waals surface area contributed by atoms with E-state index in [1.165, 1.54) is 0 Å². The van der Waals surface area contributed by atoms with Gasteiger partial charge >= 0.3 is 0 Å². The van der Waals surface area contributed by atoms with Crippen LogP contribution < -0.4 is 11.1 Å². The zero-order valence-electron chi connectivity index (χ0n) is 8.75. The van der Waals surface area contributed by atoms with Crippen molar-refractivity contribution in [1.82, 2.24) is 5.32 Å². The number of amides is 1. The summed E-state index contributed by atoms with van der Waals surface area (Å²) in [4.78, 5) is 11.3. The van der Waals surface area contributed by atoms with Crippen molar-refractivity contribution in [2.24, 2.45) is 5.73 Å². The molecule has 0 radical (unpaired) electrons. The first-order valence-corrected chi connectivity index (χ1v) is 4.95. The van der Waals surface area contributed by atoms with Crippen molar-refractivity contribution < 1.29 is 13.6 Å². The zero-order valence-corrected chi connectivity index (χ0v) is 8.75. The maximum absolute atomic E-state index is 11.8. The van der Waals surface area contributed by atoms with E-state index in [1.54, 1.807) is 12.1 Å². The Morgan fingerprint density at radius 1 is 1.31 bits per heavy atom. The van der Waals surface area contributed by atoms with E-state index < -0.39 is 18.9 Å². The first kappa shape index (κ1) is 12.6. The summed E-state index contributed by atoms with van der Waals surface area (Å²) in [7, 11) is 0. The van der Waals surface area contributed by atoms with Crippen molar-refractivity contribution in [1.29, 1.82) is 0 Å². The smallest absolute Gasteiger partial charge is 0.255 e. The molecule has 16 heavy (non-hydrogen) atoms. The van der Waals surface area contributed by atoms with Crippen molar-refractivity contribution in [3.63, 3.8) is 0 Å². The van der Waals surface area contributed by atoms with Gasteiger partial charge in [0.2, 0.25) is 5.91 Å². The van der Waals surface area contributed by atoms with Gasteiger partial charge < -0.3 is 11.1 Å². The number of nitrogens with two attached hydrogens (primary N) is 1. The van der Waals surface area contributed by atoms with E-state index >= 15 is 0 Å². The first-order chi connectivity index (χ1) is 7.63. The van der Waals surface area contributed by atoms with Gasteiger partial charge in [-0.25, -0.2) is 8.78 Å². The van der Waals surface area contributed by atoms with Gasteiger partial charge in [0, 0.05) is 6.54 Å². The zero-order chi connectivity index (χ0) is 12.0. The number of carbonyl (C=O) groups excluding carboxylic acids is 1. The van der Waals surface area contributed by atoms with Crippen LogP contribution in [0.15, 0.2) is 24.3 Å². The van der Waals surface area contributed by atoms with Gasteiger partial charge in [0.15, 0.2) is 0 Å². The number of carbonyl (C=O) groups is 1. The van der Waals surface area contributed by atoms with Crippen LogP contribution in [0.3, 0.4) is 0 Å². The minimum Gasteiger partial charge on any atom is -0.350 e. The Labute approximate surface area is 92.6 Å². The maximum atomic E-state index is 11.8. The highest BCUT2D eigenvalue weighted by Crippen LogP contribution is 2.08. The van der Waals surface area contributed by atoms with Crippen LogP contribution in [0.2, 0.25) is 0 Å². The first-order valence-electron chi connectivity index (χ1n) is 4.95. The highest BCUT2D eigenvalue weighted by molar-refractivity contribution is 5.78. The standard InChI is InChI=1S/C11H14F2N2O/c12-10(13)7-15-11(16)5-8-3-1-2-4-9(8)6-14/h1-4,10H,5-7,14H2,(H,15,16). The predicted octanol–water partition coefficient (Wildman–Crippen LogP) is 1.07. The predicted molar refractivity (Wildman–Crippen MR) is 57.1 cm³/mol. The number of hydrogen-bond acceptors (Lipinski definition) is 2. The molecule has 0 heterocycles. The van der Waals surface area contributed by atoms with Crippen LogP contribution in [-0.4, -0.2) is 18.9 Å². The molecular formula is C11H14F2N2O.